The van der Waals surface area contributed by atoms with Gasteiger partial charge in [-0.25, -0.2) is 0 Å². The van der Waals surface area contributed by atoms with Crippen LogP contribution >= 0.6 is 0 Å². The molecule has 4 nitrogen and oxygen atoms in total. The molecule has 1 heterocycles. The monoisotopic (exact) mass is 426 g/mol. The van der Waals surface area contributed by atoms with Crippen LogP contribution in [0.2, 0.25) is 0 Å². The van der Waals surface area contributed by atoms with Crippen molar-refractivity contribution >= 4 is 11.8 Å². The van der Waals surface area contributed by atoms with Crippen LogP contribution in [-0.4, -0.2) is 35.8 Å². The highest BCUT2D eigenvalue weighted by atomic mass is 16.2. The molecule has 0 spiro atoms. The van der Waals surface area contributed by atoms with E-state index in [1.165, 1.54) is 11.1 Å². The first kappa shape index (κ1) is 21.8. The molecule has 1 saturated heterocycles. The summed E-state index contributed by atoms with van der Waals surface area (Å²) in [5.74, 6) is 0.153. The number of hydrogen-bond donors (Lipinski definition) is 1. The Morgan fingerprint density at radius 1 is 0.844 bits per heavy atom. The first-order valence-corrected chi connectivity index (χ1v) is 11.4. The lowest BCUT2D eigenvalue weighted by molar-refractivity contribution is -0.122. The molecular weight excluding hydrogens is 396 g/mol. The summed E-state index contributed by atoms with van der Waals surface area (Å²) < 4.78 is 0. The molecule has 1 aliphatic heterocycles. The fourth-order valence-electron chi connectivity index (χ4n) is 4.16. The van der Waals surface area contributed by atoms with Crippen LogP contribution < -0.4 is 5.32 Å². The van der Waals surface area contributed by atoms with Gasteiger partial charge in [-0.3, -0.25) is 9.59 Å². The van der Waals surface area contributed by atoms with Crippen LogP contribution in [0.15, 0.2) is 78.9 Å². The SMILES string of the molecule is Cc1ccc(CCC(=O)NC2CCN(C(=O)c3ccc(-c4ccccc4)cc3)CC2)cc1. The number of carbonyl (C=O) groups excluding carboxylic acids is 2. The second kappa shape index (κ2) is 10.3. The minimum absolute atomic E-state index is 0.0637. The number of likely N-dealkylation sites (tertiary alicyclic amines) is 1. The summed E-state index contributed by atoms with van der Waals surface area (Å²) in [6.07, 6.45) is 2.84. The van der Waals surface area contributed by atoms with Crippen molar-refractivity contribution in [3.05, 3.63) is 95.6 Å². The first-order chi connectivity index (χ1) is 15.6. The van der Waals surface area contributed by atoms with E-state index in [0.29, 0.717) is 25.1 Å². The molecule has 0 radical (unpaired) electrons. The van der Waals surface area contributed by atoms with Crippen LogP contribution in [-0.2, 0) is 11.2 Å². The summed E-state index contributed by atoms with van der Waals surface area (Å²) in [6.45, 7) is 3.40. The molecule has 0 aliphatic carbocycles. The first-order valence-electron chi connectivity index (χ1n) is 11.4. The summed E-state index contributed by atoms with van der Waals surface area (Å²) in [5, 5.41) is 3.15. The van der Waals surface area contributed by atoms with Crippen LogP contribution in [0.25, 0.3) is 11.1 Å². The van der Waals surface area contributed by atoms with Gasteiger partial charge in [0.25, 0.3) is 5.91 Å². The van der Waals surface area contributed by atoms with E-state index < -0.39 is 0 Å². The van der Waals surface area contributed by atoms with Crippen molar-refractivity contribution in [3.63, 3.8) is 0 Å². The van der Waals surface area contributed by atoms with Gasteiger partial charge in [0.15, 0.2) is 0 Å². The number of benzene rings is 3. The zero-order chi connectivity index (χ0) is 22.3. The van der Waals surface area contributed by atoms with Gasteiger partial charge in [0.05, 0.1) is 0 Å². The highest BCUT2D eigenvalue weighted by molar-refractivity contribution is 5.94. The number of nitrogens with zero attached hydrogens (tertiary/aromatic N) is 1. The van der Waals surface area contributed by atoms with Crippen molar-refractivity contribution in [2.75, 3.05) is 13.1 Å². The smallest absolute Gasteiger partial charge is 0.253 e. The average Bonchev–Trinajstić information content (AvgIpc) is 2.84. The molecule has 0 atom stereocenters. The molecule has 1 fully saturated rings. The third-order valence-corrected chi connectivity index (χ3v) is 6.15. The average molecular weight is 427 g/mol. The Labute approximate surface area is 190 Å². The fraction of sp³-hybridized carbons (Fsp3) is 0.286. The van der Waals surface area contributed by atoms with Gasteiger partial charge in [-0.2, -0.15) is 0 Å². The quantitative estimate of drug-likeness (QED) is 0.602. The minimum Gasteiger partial charge on any atom is -0.353 e. The Hall–Kier alpha value is -3.40. The van der Waals surface area contributed by atoms with Gasteiger partial charge in [-0.15, -0.1) is 0 Å². The topological polar surface area (TPSA) is 49.4 Å². The third kappa shape index (κ3) is 5.64. The third-order valence-electron chi connectivity index (χ3n) is 6.15. The standard InChI is InChI=1S/C28H30N2O2/c1-21-7-9-22(10-8-21)11-16-27(31)29-26-17-19-30(20-18-26)28(32)25-14-12-24(13-15-25)23-5-3-2-4-6-23/h2-10,12-15,26H,11,16-20H2,1H3,(H,29,31). The number of aryl methyl sites for hydroxylation is 2. The Bertz CT molecular complexity index is 1040. The normalized spacial score (nSPS) is 14.2. The molecule has 32 heavy (non-hydrogen) atoms. The number of rotatable bonds is 6. The second-order valence-electron chi connectivity index (χ2n) is 8.56. The van der Waals surface area contributed by atoms with Crippen LogP contribution in [0.1, 0.15) is 40.7 Å². The van der Waals surface area contributed by atoms with Gasteiger partial charge in [-0.1, -0.05) is 72.3 Å². The van der Waals surface area contributed by atoms with Gasteiger partial charge in [0.2, 0.25) is 5.91 Å². The number of carbonyl (C=O) groups is 2. The number of hydrogen-bond acceptors (Lipinski definition) is 2. The van der Waals surface area contributed by atoms with Crippen LogP contribution in [0.3, 0.4) is 0 Å². The van der Waals surface area contributed by atoms with E-state index in [-0.39, 0.29) is 17.9 Å². The lowest BCUT2D eigenvalue weighted by Crippen LogP contribution is -2.46. The molecule has 0 saturated carbocycles. The van der Waals surface area contributed by atoms with E-state index in [0.717, 1.165) is 30.4 Å². The van der Waals surface area contributed by atoms with Crippen molar-refractivity contribution in [1.82, 2.24) is 10.2 Å². The molecule has 3 aromatic carbocycles. The van der Waals surface area contributed by atoms with Crippen molar-refractivity contribution in [2.24, 2.45) is 0 Å². The van der Waals surface area contributed by atoms with Gasteiger partial charge >= 0.3 is 0 Å². The summed E-state index contributed by atoms with van der Waals surface area (Å²) >= 11 is 0. The Kier molecular flexibility index (Phi) is 7.00. The van der Waals surface area contributed by atoms with Gasteiger partial charge in [0.1, 0.15) is 0 Å². The molecule has 2 amide bonds. The maximum atomic E-state index is 12.9. The zero-order valence-corrected chi connectivity index (χ0v) is 18.6. The maximum absolute atomic E-state index is 12.9. The Morgan fingerprint density at radius 2 is 1.47 bits per heavy atom. The highest BCUT2D eigenvalue weighted by Crippen LogP contribution is 2.21. The van der Waals surface area contributed by atoms with E-state index in [1.807, 2.05) is 47.4 Å². The van der Waals surface area contributed by atoms with Crippen molar-refractivity contribution in [1.29, 1.82) is 0 Å². The predicted octanol–water partition coefficient (Wildman–Crippen LogP) is 5.02. The largest absolute Gasteiger partial charge is 0.353 e. The fourth-order valence-corrected chi connectivity index (χ4v) is 4.16. The molecule has 1 N–H and O–H groups in total. The molecular formula is C28H30N2O2. The molecule has 0 aromatic heterocycles. The lowest BCUT2D eigenvalue weighted by atomic mass is 10.0. The second-order valence-corrected chi connectivity index (χ2v) is 8.56. The predicted molar refractivity (Wildman–Crippen MR) is 128 cm³/mol. The molecule has 4 rings (SSSR count). The van der Waals surface area contributed by atoms with E-state index in [4.69, 9.17) is 0 Å². The van der Waals surface area contributed by atoms with Gasteiger partial charge in [0, 0.05) is 31.1 Å². The summed E-state index contributed by atoms with van der Waals surface area (Å²) in [4.78, 5) is 27.1. The number of piperidine rings is 1. The van der Waals surface area contributed by atoms with Crippen LogP contribution in [0.4, 0.5) is 0 Å². The van der Waals surface area contributed by atoms with Gasteiger partial charge < -0.3 is 10.2 Å². The van der Waals surface area contributed by atoms with Crippen molar-refractivity contribution in [2.45, 2.75) is 38.6 Å². The molecule has 1 aliphatic rings. The molecule has 3 aromatic rings. The van der Waals surface area contributed by atoms with E-state index >= 15 is 0 Å². The van der Waals surface area contributed by atoms with E-state index in [9.17, 15) is 9.59 Å². The maximum Gasteiger partial charge on any atom is 0.253 e. The molecule has 4 heteroatoms. The number of amides is 2. The summed E-state index contributed by atoms with van der Waals surface area (Å²) in [5.41, 5.74) is 5.38. The zero-order valence-electron chi connectivity index (χ0n) is 18.6. The van der Waals surface area contributed by atoms with Crippen LogP contribution in [0, 0.1) is 6.92 Å². The summed E-state index contributed by atoms with van der Waals surface area (Å²) in [6, 6.07) is 26.4. The lowest BCUT2D eigenvalue weighted by Gasteiger charge is -2.32. The molecule has 164 valence electrons. The molecule has 0 bridgehead atoms. The van der Waals surface area contributed by atoms with Crippen LogP contribution in [0.5, 0.6) is 0 Å². The minimum atomic E-state index is 0.0637. The highest BCUT2D eigenvalue weighted by Gasteiger charge is 2.24. The summed E-state index contributed by atoms with van der Waals surface area (Å²) in [7, 11) is 0. The Morgan fingerprint density at radius 3 is 2.12 bits per heavy atom. The van der Waals surface area contributed by atoms with E-state index in [2.05, 4.69) is 48.6 Å². The number of nitrogens with one attached hydrogen (secondary N) is 1. The van der Waals surface area contributed by atoms with E-state index in [1.54, 1.807) is 0 Å². The van der Waals surface area contributed by atoms with Gasteiger partial charge in [-0.05, 0) is 55.0 Å². The Balaban J connectivity index is 1.23. The van der Waals surface area contributed by atoms with Crippen molar-refractivity contribution in [3.8, 4) is 11.1 Å². The molecule has 0 unspecified atom stereocenters. The van der Waals surface area contributed by atoms with Crippen molar-refractivity contribution < 1.29 is 9.59 Å².